The van der Waals surface area contributed by atoms with E-state index in [9.17, 15) is 4.79 Å². The average molecular weight is 321 g/mol. The number of aromatic carboxylic acids is 1. The van der Waals surface area contributed by atoms with Crippen molar-refractivity contribution in [1.82, 2.24) is 0 Å². The number of fused-ring (bicyclic) bond motifs is 1. The standard InChI is InChI=1S/C16H13ClO3S/c17-14-6-5-11(8-13(14)16(18)19)20-9-12-7-10-3-1-2-4-15(10)21-12/h1-6,8,12H,7,9H2,(H,18,19). The fraction of sp³-hybridized carbons (Fsp3) is 0.188. The van der Waals surface area contributed by atoms with E-state index in [2.05, 4.69) is 12.1 Å². The lowest BCUT2D eigenvalue weighted by atomic mass is 10.1. The van der Waals surface area contributed by atoms with Gasteiger partial charge in [0.1, 0.15) is 12.4 Å². The van der Waals surface area contributed by atoms with Crippen LogP contribution in [0, 0.1) is 0 Å². The first-order valence-corrected chi connectivity index (χ1v) is 7.79. The van der Waals surface area contributed by atoms with E-state index in [0.717, 1.165) is 6.42 Å². The third-order valence-electron chi connectivity index (χ3n) is 3.32. The van der Waals surface area contributed by atoms with Crippen molar-refractivity contribution in [2.75, 3.05) is 6.61 Å². The Morgan fingerprint density at radius 2 is 2.14 bits per heavy atom. The molecule has 0 saturated heterocycles. The molecule has 1 aliphatic heterocycles. The Morgan fingerprint density at radius 1 is 1.33 bits per heavy atom. The van der Waals surface area contributed by atoms with Crippen molar-refractivity contribution < 1.29 is 14.6 Å². The minimum atomic E-state index is -1.05. The lowest BCUT2D eigenvalue weighted by Gasteiger charge is -2.11. The Balaban J connectivity index is 1.64. The van der Waals surface area contributed by atoms with Crippen molar-refractivity contribution in [1.29, 1.82) is 0 Å². The monoisotopic (exact) mass is 320 g/mol. The Morgan fingerprint density at radius 3 is 2.90 bits per heavy atom. The van der Waals surface area contributed by atoms with Crippen LogP contribution in [0.25, 0.3) is 0 Å². The highest BCUT2D eigenvalue weighted by Gasteiger charge is 2.22. The van der Waals surface area contributed by atoms with E-state index in [1.165, 1.54) is 16.5 Å². The molecule has 0 spiro atoms. The van der Waals surface area contributed by atoms with Crippen LogP contribution in [0.5, 0.6) is 5.75 Å². The molecule has 0 fully saturated rings. The summed E-state index contributed by atoms with van der Waals surface area (Å²) in [5, 5.41) is 9.62. The summed E-state index contributed by atoms with van der Waals surface area (Å²) in [7, 11) is 0. The number of thioether (sulfide) groups is 1. The van der Waals surface area contributed by atoms with E-state index in [1.54, 1.807) is 23.9 Å². The predicted octanol–water partition coefficient (Wildman–Crippen LogP) is 4.13. The van der Waals surface area contributed by atoms with E-state index < -0.39 is 5.97 Å². The minimum absolute atomic E-state index is 0.0662. The van der Waals surface area contributed by atoms with E-state index in [4.69, 9.17) is 21.4 Å². The maximum atomic E-state index is 11.0. The number of carbonyl (C=O) groups is 1. The van der Waals surface area contributed by atoms with Gasteiger partial charge < -0.3 is 9.84 Å². The molecule has 5 heteroatoms. The maximum Gasteiger partial charge on any atom is 0.337 e. The van der Waals surface area contributed by atoms with Gasteiger partial charge in [-0.15, -0.1) is 11.8 Å². The van der Waals surface area contributed by atoms with Crippen LogP contribution in [-0.4, -0.2) is 22.9 Å². The number of carboxylic acid groups (broad SMARTS) is 1. The van der Waals surface area contributed by atoms with Crippen molar-refractivity contribution in [2.24, 2.45) is 0 Å². The summed E-state index contributed by atoms with van der Waals surface area (Å²) in [6.07, 6.45) is 0.972. The van der Waals surface area contributed by atoms with Gasteiger partial charge in [-0.3, -0.25) is 0 Å². The van der Waals surface area contributed by atoms with Crippen LogP contribution in [0.1, 0.15) is 15.9 Å². The van der Waals surface area contributed by atoms with Gasteiger partial charge in [-0.1, -0.05) is 29.8 Å². The van der Waals surface area contributed by atoms with Gasteiger partial charge in [0.05, 0.1) is 10.6 Å². The molecular formula is C16H13ClO3S. The highest BCUT2D eigenvalue weighted by Crippen LogP contribution is 2.37. The molecule has 0 amide bonds. The zero-order valence-corrected chi connectivity index (χ0v) is 12.7. The number of hydrogen-bond donors (Lipinski definition) is 1. The van der Waals surface area contributed by atoms with Gasteiger partial charge in [0, 0.05) is 10.1 Å². The molecule has 2 aromatic carbocycles. The van der Waals surface area contributed by atoms with Crippen molar-refractivity contribution in [3.63, 3.8) is 0 Å². The van der Waals surface area contributed by atoms with Crippen LogP contribution in [-0.2, 0) is 6.42 Å². The van der Waals surface area contributed by atoms with Gasteiger partial charge in [-0.25, -0.2) is 4.79 Å². The molecule has 3 rings (SSSR count). The summed E-state index contributed by atoms with van der Waals surface area (Å²) in [6, 6.07) is 13.0. The molecule has 21 heavy (non-hydrogen) atoms. The van der Waals surface area contributed by atoms with Crippen LogP contribution in [0.2, 0.25) is 5.02 Å². The molecule has 108 valence electrons. The quantitative estimate of drug-likeness (QED) is 0.920. The Bertz CT molecular complexity index is 662. The Labute approximate surface area is 131 Å². The summed E-state index contributed by atoms with van der Waals surface area (Å²) in [5.41, 5.74) is 1.41. The van der Waals surface area contributed by atoms with Crippen molar-refractivity contribution >= 4 is 29.3 Å². The van der Waals surface area contributed by atoms with Crippen LogP contribution in [0.3, 0.4) is 0 Å². The van der Waals surface area contributed by atoms with E-state index in [1.807, 2.05) is 12.1 Å². The van der Waals surface area contributed by atoms with Crippen LogP contribution < -0.4 is 4.74 Å². The van der Waals surface area contributed by atoms with Crippen molar-refractivity contribution in [2.45, 2.75) is 16.6 Å². The normalized spacial score (nSPS) is 16.5. The second-order valence-corrected chi connectivity index (χ2v) is 6.56. The molecule has 1 N–H and O–H groups in total. The van der Waals surface area contributed by atoms with E-state index in [0.29, 0.717) is 17.6 Å². The van der Waals surface area contributed by atoms with E-state index >= 15 is 0 Å². The number of rotatable bonds is 4. The van der Waals surface area contributed by atoms with Crippen LogP contribution in [0.4, 0.5) is 0 Å². The van der Waals surface area contributed by atoms with Gasteiger partial charge in [-0.2, -0.15) is 0 Å². The van der Waals surface area contributed by atoms with Gasteiger partial charge >= 0.3 is 5.97 Å². The molecule has 0 saturated carbocycles. The molecule has 2 aromatic rings. The fourth-order valence-electron chi connectivity index (χ4n) is 2.29. The zero-order chi connectivity index (χ0) is 14.8. The number of carboxylic acids is 1. The molecule has 0 aromatic heterocycles. The number of benzene rings is 2. The molecular weight excluding hydrogens is 308 g/mol. The largest absolute Gasteiger partial charge is 0.492 e. The summed E-state index contributed by atoms with van der Waals surface area (Å²) in [6.45, 7) is 0.542. The summed E-state index contributed by atoms with van der Waals surface area (Å²) >= 11 is 7.64. The van der Waals surface area contributed by atoms with Crippen molar-refractivity contribution in [3.05, 3.63) is 58.6 Å². The number of halogens is 1. The van der Waals surface area contributed by atoms with Crippen LogP contribution >= 0.6 is 23.4 Å². The molecule has 1 atom stereocenters. The average Bonchev–Trinajstić information content (AvgIpc) is 2.89. The van der Waals surface area contributed by atoms with Gasteiger partial charge in [-0.05, 0) is 36.2 Å². The number of ether oxygens (including phenoxy) is 1. The molecule has 1 aliphatic rings. The van der Waals surface area contributed by atoms with Gasteiger partial charge in [0.2, 0.25) is 0 Å². The lowest BCUT2D eigenvalue weighted by Crippen LogP contribution is -2.13. The molecule has 3 nitrogen and oxygen atoms in total. The maximum absolute atomic E-state index is 11.0. The highest BCUT2D eigenvalue weighted by atomic mass is 35.5. The predicted molar refractivity (Wildman–Crippen MR) is 83.7 cm³/mol. The zero-order valence-electron chi connectivity index (χ0n) is 11.1. The van der Waals surface area contributed by atoms with Crippen LogP contribution in [0.15, 0.2) is 47.4 Å². The molecule has 0 radical (unpaired) electrons. The van der Waals surface area contributed by atoms with E-state index in [-0.39, 0.29) is 10.6 Å². The van der Waals surface area contributed by atoms with Gasteiger partial charge in [0.25, 0.3) is 0 Å². The van der Waals surface area contributed by atoms with Crippen molar-refractivity contribution in [3.8, 4) is 5.75 Å². The molecule has 0 bridgehead atoms. The first-order chi connectivity index (χ1) is 10.1. The Kier molecular flexibility index (Phi) is 4.08. The molecule has 1 unspecified atom stereocenters. The summed E-state index contributed by atoms with van der Waals surface area (Å²) < 4.78 is 5.72. The third kappa shape index (κ3) is 3.17. The Hall–Kier alpha value is -1.65. The highest BCUT2D eigenvalue weighted by molar-refractivity contribution is 8.00. The molecule has 1 heterocycles. The first-order valence-electron chi connectivity index (χ1n) is 6.53. The first kappa shape index (κ1) is 14.3. The minimum Gasteiger partial charge on any atom is -0.492 e. The fourth-order valence-corrected chi connectivity index (χ4v) is 3.71. The second-order valence-electron chi connectivity index (χ2n) is 4.81. The second kappa shape index (κ2) is 6.00. The lowest BCUT2D eigenvalue weighted by molar-refractivity contribution is 0.0696. The SMILES string of the molecule is O=C(O)c1cc(OCC2Cc3ccccc3S2)ccc1Cl. The molecule has 0 aliphatic carbocycles. The summed E-state index contributed by atoms with van der Waals surface area (Å²) in [5.74, 6) is -0.513. The van der Waals surface area contributed by atoms with Gasteiger partial charge in [0.15, 0.2) is 0 Å². The number of hydrogen-bond acceptors (Lipinski definition) is 3. The summed E-state index contributed by atoms with van der Waals surface area (Å²) in [4.78, 5) is 12.3. The smallest absolute Gasteiger partial charge is 0.337 e. The third-order valence-corrected chi connectivity index (χ3v) is 4.94. The topological polar surface area (TPSA) is 46.5 Å².